The maximum atomic E-state index is 12.7. The van der Waals surface area contributed by atoms with Crippen LogP contribution < -0.4 is 4.74 Å². The molecule has 2 aromatic carbocycles. The highest BCUT2D eigenvalue weighted by Gasteiger charge is 2.19. The molecule has 0 bridgehead atoms. The molecule has 1 heterocycles. The van der Waals surface area contributed by atoms with Crippen LogP contribution in [0.5, 0.6) is 5.75 Å². The summed E-state index contributed by atoms with van der Waals surface area (Å²) < 4.78 is 10.9. The molecule has 0 aliphatic rings. The predicted octanol–water partition coefficient (Wildman–Crippen LogP) is 4.20. The van der Waals surface area contributed by atoms with E-state index in [9.17, 15) is 4.79 Å². The Balaban J connectivity index is 1.55. The Labute approximate surface area is 175 Å². The molecule has 152 valence electrons. The number of amides is 1. The summed E-state index contributed by atoms with van der Waals surface area (Å²) in [6.45, 7) is 4.63. The van der Waals surface area contributed by atoms with Gasteiger partial charge in [-0.2, -0.15) is 0 Å². The van der Waals surface area contributed by atoms with Crippen molar-refractivity contribution >= 4 is 17.7 Å². The maximum absolute atomic E-state index is 12.7. The molecule has 3 aromatic rings. The van der Waals surface area contributed by atoms with E-state index < -0.39 is 0 Å². The third-order valence-electron chi connectivity index (χ3n) is 4.42. The lowest BCUT2D eigenvalue weighted by Crippen LogP contribution is -2.37. The van der Waals surface area contributed by atoms with E-state index >= 15 is 0 Å². The van der Waals surface area contributed by atoms with E-state index in [0.717, 1.165) is 16.9 Å². The van der Waals surface area contributed by atoms with Crippen molar-refractivity contribution in [2.75, 3.05) is 12.9 Å². The number of hydrogen-bond acceptors (Lipinski definition) is 6. The molecule has 0 aliphatic heterocycles. The Kier molecular flexibility index (Phi) is 7.30. The fourth-order valence-corrected chi connectivity index (χ4v) is 3.50. The van der Waals surface area contributed by atoms with Gasteiger partial charge in [0.05, 0.1) is 19.3 Å². The molecule has 0 atom stereocenters. The molecule has 0 N–H and O–H groups in total. The summed E-state index contributed by atoms with van der Waals surface area (Å²) in [4.78, 5) is 14.6. The third kappa shape index (κ3) is 6.09. The summed E-state index contributed by atoms with van der Waals surface area (Å²) in [6, 6.07) is 17.8. The number of thioether (sulfide) groups is 1. The molecular formula is C22H25N3O3S. The maximum Gasteiger partial charge on any atom is 0.277 e. The average molecular weight is 412 g/mol. The Morgan fingerprint density at radius 3 is 2.45 bits per heavy atom. The van der Waals surface area contributed by atoms with Crippen LogP contribution in [0.25, 0.3) is 0 Å². The van der Waals surface area contributed by atoms with E-state index in [-0.39, 0.29) is 17.7 Å². The van der Waals surface area contributed by atoms with Crippen LogP contribution in [0, 0.1) is 0 Å². The lowest BCUT2D eigenvalue weighted by atomic mass is 10.1. The first kappa shape index (κ1) is 20.9. The molecule has 0 unspecified atom stereocenters. The Hall–Kier alpha value is -2.80. The number of nitrogens with zero attached hydrogens (tertiary/aromatic N) is 3. The lowest BCUT2D eigenvalue weighted by molar-refractivity contribution is -0.130. The van der Waals surface area contributed by atoms with Gasteiger partial charge in [0.2, 0.25) is 11.8 Å². The lowest BCUT2D eigenvalue weighted by Gasteiger charge is -2.26. The van der Waals surface area contributed by atoms with Crippen LogP contribution in [-0.4, -0.2) is 39.9 Å². The smallest absolute Gasteiger partial charge is 0.277 e. The molecule has 7 heteroatoms. The molecule has 3 rings (SSSR count). The minimum atomic E-state index is 0.0451. The first-order chi connectivity index (χ1) is 14.0. The van der Waals surface area contributed by atoms with Gasteiger partial charge in [0.1, 0.15) is 5.75 Å². The van der Waals surface area contributed by atoms with Gasteiger partial charge in [-0.3, -0.25) is 4.79 Å². The van der Waals surface area contributed by atoms with Crippen molar-refractivity contribution in [1.29, 1.82) is 0 Å². The van der Waals surface area contributed by atoms with Gasteiger partial charge < -0.3 is 14.1 Å². The van der Waals surface area contributed by atoms with Crippen LogP contribution in [0.4, 0.5) is 0 Å². The first-order valence-corrected chi connectivity index (χ1v) is 10.4. The normalized spacial score (nSPS) is 10.9. The molecule has 0 aliphatic carbocycles. The molecule has 29 heavy (non-hydrogen) atoms. The summed E-state index contributed by atoms with van der Waals surface area (Å²) in [5.74, 6) is 1.63. The van der Waals surface area contributed by atoms with Crippen LogP contribution in [0.3, 0.4) is 0 Å². The number of carbonyl (C=O) groups excluding carboxylic acids is 1. The van der Waals surface area contributed by atoms with Crippen LogP contribution in [0.1, 0.15) is 30.9 Å². The van der Waals surface area contributed by atoms with Gasteiger partial charge in [0, 0.05) is 12.6 Å². The first-order valence-electron chi connectivity index (χ1n) is 9.46. The standard InChI is InChI=1S/C22H25N3O3S/c1-16(2)25(14-18-7-5-4-6-8-18)21(26)15-29-22-24-23-20(28-22)13-17-9-11-19(27-3)12-10-17/h4-12,16H,13-15H2,1-3H3. The number of carbonyl (C=O) groups is 1. The molecule has 1 amide bonds. The predicted molar refractivity (Wildman–Crippen MR) is 113 cm³/mol. The fourth-order valence-electron chi connectivity index (χ4n) is 2.83. The summed E-state index contributed by atoms with van der Waals surface area (Å²) in [7, 11) is 1.64. The van der Waals surface area contributed by atoms with Crippen molar-refractivity contribution in [3.8, 4) is 5.75 Å². The quantitative estimate of drug-likeness (QED) is 0.492. The minimum absolute atomic E-state index is 0.0451. The van der Waals surface area contributed by atoms with Crippen molar-refractivity contribution in [2.45, 2.75) is 38.1 Å². The molecule has 0 fully saturated rings. The van der Waals surface area contributed by atoms with E-state index in [0.29, 0.717) is 24.1 Å². The Morgan fingerprint density at radius 2 is 1.79 bits per heavy atom. The second-order valence-electron chi connectivity index (χ2n) is 6.88. The summed E-state index contributed by atoms with van der Waals surface area (Å²) in [5, 5.41) is 8.55. The van der Waals surface area contributed by atoms with E-state index in [1.54, 1.807) is 7.11 Å². The number of rotatable bonds is 9. The highest BCUT2D eigenvalue weighted by molar-refractivity contribution is 7.99. The zero-order valence-corrected chi connectivity index (χ0v) is 17.7. The van der Waals surface area contributed by atoms with E-state index in [2.05, 4.69) is 10.2 Å². The van der Waals surface area contributed by atoms with Gasteiger partial charge in [-0.05, 0) is 37.1 Å². The highest BCUT2D eigenvalue weighted by Crippen LogP contribution is 2.20. The van der Waals surface area contributed by atoms with Crippen molar-refractivity contribution in [3.05, 3.63) is 71.6 Å². The molecule has 0 saturated carbocycles. The number of benzene rings is 2. The topological polar surface area (TPSA) is 68.5 Å². The van der Waals surface area contributed by atoms with Crippen LogP contribution in [0.2, 0.25) is 0 Å². The van der Waals surface area contributed by atoms with Crippen molar-refractivity contribution in [3.63, 3.8) is 0 Å². The number of hydrogen-bond donors (Lipinski definition) is 0. The second-order valence-corrected chi connectivity index (χ2v) is 7.80. The molecule has 1 aromatic heterocycles. The van der Waals surface area contributed by atoms with Gasteiger partial charge in [0.15, 0.2) is 0 Å². The molecule has 6 nitrogen and oxygen atoms in total. The average Bonchev–Trinajstić information content (AvgIpc) is 3.18. The third-order valence-corrected chi connectivity index (χ3v) is 5.22. The van der Waals surface area contributed by atoms with E-state index in [1.807, 2.05) is 73.3 Å². The summed E-state index contributed by atoms with van der Waals surface area (Å²) in [6.07, 6.45) is 0.539. The number of ether oxygens (including phenoxy) is 1. The van der Waals surface area contributed by atoms with Crippen LogP contribution >= 0.6 is 11.8 Å². The minimum Gasteiger partial charge on any atom is -0.497 e. The number of methoxy groups -OCH3 is 1. The molecule has 0 saturated heterocycles. The van der Waals surface area contributed by atoms with E-state index in [1.165, 1.54) is 11.8 Å². The number of aromatic nitrogens is 2. The summed E-state index contributed by atoms with van der Waals surface area (Å²) >= 11 is 1.27. The second kappa shape index (κ2) is 10.1. The van der Waals surface area contributed by atoms with Crippen LogP contribution in [0.15, 0.2) is 64.2 Å². The molecule has 0 spiro atoms. The van der Waals surface area contributed by atoms with Gasteiger partial charge >= 0.3 is 0 Å². The summed E-state index contributed by atoms with van der Waals surface area (Å²) in [5.41, 5.74) is 2.16. The van der Waals surface area contributed by atoms with Crippen LogP contribution in [-0.2, 0) is 17.8 Å². The zero-order valence-electron chi connectivity index (χ0n) is 16.9. The van der Waals surface area contributed by atoms with Crippen molar-refractivity contribution < 1.29 is 13.9 Å². The monoisotopic (exact) mass is 411 g/mol. The van der Waals surface area contributed by atoms with Gasteiger partial charge in [-0.15, -0.1) is 10.2 Å². The highest BCUT2D eigenvalue weighted by atomic mass is 32.2. The van der Waals surface area contributed by atoms with Gasteiger partial charge in [0.25, 0.3) is 5.22 Å². The Morgan fingerprint density at radius 1 is 1.07 bits per heavy atom. The fraction of sp³-hybridized carbons (Fsp3) is 0.318. The van der Waals surface area contributed by atoms with E-state index in [4.69, 9.17) is 9.15 Å². The molecular weight excluding hydrogens is 386 g/mol. The largest absolute Gasteiger partial charge is 0.497 e. The SMILES string of the molecule is COc1ccc(Cc2nnc(SCC(=O)N(Cc3ccccc3)C(C)C)o2)cc1. The molecule has 0 radical (unpaired) electrons. The van der Waals surface area contributed by atoms with Gasteiger partial charge in [-0.1, -0.05) is 54.2 Å². The van der Waals surface area contributed by atoms with Gasteiger partial charge in [-0.25, -0.2) is 0 Å². The van der Waals surface area contributed by atoms with Crippen molar-refractivity contribution in [1.82, 2.24) is 15.1 Å². The zero-order chi connectivity index (χ0) is 20.6. The Bertz CT molecular complexity index is 911. The van der Waals surface area contributed by atoms with Crippen molar-refractivity contribution in [2.24, 2.45) is 0 Å².